The van der Waals surface area contributed by atoms with Gasteiger partial charge in [0.05, 0.1) is 6.04 Å². The molecule has 0 saturated carbocycles. The molecule has 2 rings (SSSR count). The van der Waals surface area contributed by atoms with Crippen molar-refractivity contribution in [3.05, 3.63) is 41.5 Å². The minimum absolute atomic E-state index is 0.119. The highest BCUT2D eigenvalue weighted by atomic mass is 16.2. The summed E-state index contributed by atoms with van der Waals surface area (Å²) >= 11 is 0. The zero-order chi connectivity index (χ0) is 20.0. The van der Waals surface area contributed by atoms with Gasteiger partial charge in [0.2, 0.25) is 5.91 Å². The molecule has 27 heavy (non-hydrogen) atoms. The van der Waals surface area contributed by atoms with Gasteiger partial charge in [-0.05, 0) is 58.1 Å². The Bertz CT molecular complexity index is 624. The smallest absolute Gasteiger partial charge is 0.239 e. The summed E-state index contributed by atoms with van der Waals surface area (Å²) in [6.07, 6.45) is 5.03. The van der Waals surface area contributed by atoms with Gasteiger partial charge < -0.3 is 15.5 Å². The number of nitrogens with two attached hydrogens (primary N) is 1. The fourth-order valence-electron chi connectivity index (χ4n) is 3.72. The second-order valence-electron chi connectivity index (χ2n) is 8.56. The summed E-state index contributed by atoms with van der Waals surface area (Å²) in [5.41, 5.74) is 9.99. The Kier molecular flexibility index (Phi) is 7.91. The van der Waals surface area contributed by atoms with Crippen molar-refractivity contribution in [3.8, 4) is 0 Å². The highest BCUT2D eigenvalue weighted by Gasteiger charge is 2.29. The summed E-state index contributed by atoms with van der Waals surface area (Å²) in [5.74, 6) is 0.566. The number of carbonyl (C=O) groups is 1. The maximum atomic E-state index is 12.6. The summed E-state index contributed by atoms with van der Waals surface area (Å²) < 4.78 is 0. The Hall–Kier alpha value is -1.81. The maximum Gasteiger partial charge on any atom is 0.239 e. The van der Waals surface area contributed by atoms with E-state index in [9.17, 15) is 4.79 Å². The number of allylic oxidation sites excluding steroid dienone is 1. The van der Waals surface area contributed by atoms with Crippen molar-refractivity contribution in [1.29, 1.82) is 0 Å². The van der Waals surface area contributed by atoms with E-state index in [0.717, 1.165) is 38.9 Å². The van der Waals surface area contributed by atoms with Crippen LogP contribution in [0.4, 0.5) is 5.69 Å². The molecular formula is C23H37N3O. The molecule has 1 aromatic rings. The SMILES string of the molecule is CC(C)=CCN(c1ccc(C)cc1)C1CCN(C(=O)[C@@H](N)CC(C)C)CC1. The van der Waals surface area contributed by atoms with E-state index >= 15 is 0 Å². The number of benzene rings is 1. The molecule has 0 aromatic heterocycles. The van der Waals surface area contributed by atoms with Gasteiger partial charge in [-0.3, -0.25) is 4.79 Å². The van der Waals surface area contributed by atoms with Crippen molar-refractivity contribution >= 4 is 11.6 Å². The van der Waals surface area contributed by atoms with Crippen LogP contribution in [0.3, 0.4) is 0 Å². The fraction of sp³-hybridized carbons (Fsp3) is 0.609. The fourth-order valence-corrected chi connectivity index (χ4v) is 3.72. The number of piperidine rings is 1. The highest BCUT2D eigenvalue weighted by Crippen LogP contribution is 2.25. The first-order valence-corrected chi connectivity index (χ1v) is 10.3. The predicted molar refractivity (Wildman–Crippen MR) is 115 cm³/mol. The van der Waals surface area contributed by atoms with Crippen LogP contribution in [0.2, 0.25) is 0 Å². The molecule has 1 aliphatic rings. The third-order valence-corrected chi connectivity index (χ3v) is 5.32. The lowest BCUT2D eigenvalue weighted by molar-refractivity contribution is -0.134. The molecule has 0 bridgehead atoms. The molecule has 150 valence electrons. The van der Waals surface area contributed by atoms with Gasteiger partial charge in [0, 0.05) is 31.4 Å². The largest absolute Gasteiger partial charge is 0.365 e. The Labute approximate surface area is 165 Å². The summed E-state index contributed by atoms with van der Waals surface area (Å²) in [4.78, 5) is 17.1. The molecule has 0 aliphatic carbocycles. The van der Waals surface area contributed by atoms with Gasteiger partial charge in [-0.1, -0.05) is 43.2 Å². The predicted octanol–water partition coefficient (Wildman–Crippen LogP) is 4.13. The number of hydrogen-bond acceptors (Lipinski definition) is 3. The molecule has 1 aromatic carbocycles. The van der Waals surface area contributed by atoms with Gasteiger partial charge in [0.1, 0.15) is 0 Å². The zero-order valence-electron chi connectivity index (χ0n) is 17.7. The molecule has 0 unspecified atom stereocenters. The minimum Gasteiger partial charge on any atom is -0.365 e. The summed E-state index contributed by atoms with van der Waals surface area (Å²) in [6.45, 7) is 13.1. The van der Waals surface area contributed by atoms with Gasteiger partial charge in [0.15, 0.2) is 0 Å². The van der Waals surface area contributed by atoms with Gasteiger partial charge >= 0.3 is 0 Å². The number of amides is 1. The van der Waals surface area contributed by atoms with Crippen LogP contribution in [0.15, 0.2) is 35.9 Å². The van der Waals surface area contributed by atoms with E-state index in [-0.39, 0.29) is 11.9 Å². The summed E-state index contributed by atoms with van der Waals surface area (Å²) in [5, 5.41) is 0. The Morgan fingerprint density at radius 1 is 1.22 bits per heavy atom. The Morgan fingerprint density at radius 2 is 1.81 bits per heavy atom. The molecular weight excluding hydrogens is 334 g/mol. The molecule has 4 heteroatoms. The van der Waals surface area contributed by atoms with E-state index in [2.05, 4.69) is 69.9 Å². The van der Waals surface area contributed by atoms with E-state index in [1.54, 1.807) is 0 Å². The molecule has 0 radical (unpaired) electrons. The molecule has 1 saturated heterocycles. The van der Waals surface area contributed by atoms with Gasteiger partial charge in [-0.25, -0.2) is 0 Å². The maximum absolute atomic E-state index is 12.6. The highest BCUT2D eigenvalue weighted by molar-refractivity contribution is 5.81. The quantitative estimate of drug-likeness (QED) is 0.733. The normalized spacial score (nSPS) is 16.3. The van der Waals surface area contributed by atoms with Crippen LogP contribution in [0.25, 0.3) is 0 Å². The summed E-state index contributed by atoms with van der Waals surface area (Å²) in [7, 11) is 0. The van der Waals surface area contributed by atoms with Gasteiger partial charge in [0.25, 0.3) is 0 Å². The Morgan fingerprint density at radius 3 is 2.33 bits per heavy atom. The standard InChI is InChI=1S/C23H37N3O/c1-17(2)10-15-26(20-8-6-19(5)7-9-20)21-11-13-25(14-12-21)23(27)22(24)16-18(3)4/h6-10,18,21-22H,11-16,24H2,1-5H3/t22-/m0/s1. The minimum atomic E-state index is -0.361. The number of aryl methyl sites for hydroxylation is 1. The monoisotopic (exact) mass is 371 g/mol. The zero-order valence-corrected chi connectivity index (χ0v) is 17.7. The van der Waals surface area contributed by atoms with Crippen molar-refractivity contribution in [2.75, 3.05) is 24.5 Å². The molecule has 1 atom stereocenters. The number of anilines is 1. The Balaban J connectivity index is 2.03. The molecule has 1 fully saturated rings. The van der Waals surface area contributed by atoms with Crippen LogP contribution in [0.5, 0.6) is 0 Å². The lowest BCUT2D eigenvalue weighted by atomic mass is 9.99. The number of nitrogens with zero attached hydrogens (tertiary/aromatic N) is 2. The molecule has 4 nitrogen and oxygen atoms in total. The average Bonchev–Trinajstić information content (AvgIpc) is 2.62. The first-order chi connectivity index (χ1) is 12.8. The van der Waals surface area contributed by atoms with Gasteiger partial charge in [-0.15, -0.1) is 0 Å². The molecule has 2 N–H and O–H groups in total. The van der Waals surface area contributed by atoms with Crippen molar-refractivity contribution in [2.45, 2.75) is 66.0 Å². The third-order valence-electron chi connectivity index (χ3n) is 5.32. The number of likely N-dealkylation sites (tertiary alicyclic amines) is 1. The third kappa shape index (κ3) is 6.39. The van der Waals surface area contributed by atoms with Crippen molar-refractivity contribution < 1.29 is 4.79 Å². The molecule has 1 heterocycles. The van der Waals surface area contributed by atoms with Crippen molar-refractivity contribution in [1.82, 2.24) is 4.90 Å². The van der Waals surface area contributed by atoms with E-state index in [0.29, 0.717) is 12.0 Å². The van der Waals surface area contributed by atoms with E-state index < -0.39 is 0 Å². The van der Waals surface area contributed by atoms with Gasteiger partial charge in [-0.2, -0.15) is 0 Å². The van der Waals surface area contributed by atoms with Crippen LogP contribution in [0.1, 0.15) is 52.5 Å². The van der Waals surface area contributed by atoms with Crippen LogP contribution >= 0.6 is 0 Å². The summed E-state index contributed by atoms with van der Waals surface area (Å²) in [6, 6.07) is 8.87. The van der Waals surface area contributed by atoms with Crippen molar-refractivity contribution in [3.63, 3.8) is 0 Å². The van der Waals surface area contributed by atoms with Crippen LogP contribution in [0, 0.1) is 12.8 Å². The topological polar surface area (TPSA) is 49.6 Å². The molecule has 1 amide bonds. The van der Waals surface area contributed by atoms with E-state index in [4.69, 9.17) is 5.73 Å². The number of hydrogen-bond donors (Lipinski definition) is 1. The first kappa shape index (κ1) is 21.5. The van der Waals surface area contributed by atoms with E-state index in [1.165, 1.54) is 16.8 Å². The van der Waals surface area contributed by atoms with Crippen LogP contribution in [-0.2, 0) is 4.79 Å². The second kappa shape index (κ2) is 9.93. The van der Waals surface area contributed by atoms with Crippen molar-refractivity contribution in [2.24, 2.45) is 11.7 Å². The van der Waals surface area contributed by atoms with Crippen LogP contribution in [-0.4, -0.2) is 42.5 Å². The lowest BCUT2D eigenvalue weighted by Gasteiger charge is -2.40. The molecule has 1 aliphatic heterocycles. The average molecular weight is 372 g/mol. The second-order valence-corrected chi connectivity index (χ2v) is 8.56. The lowest BCUT2D eigenvalue weighted by Crippen LogP contribution is -2.51. The first-order valence-electron chi connectivity index (χ1n) is 10.3. The number of carbonyl (C=O) groups excluding carboxylic acids is 1. The molecule has 0 spiro atoms. The number of rotatable bonds is 7. The van der Waals surface area contributed by atoms with E-state index in [1.807, 2.05) is 4.90 Å². The van der Waals surface area contributed by atoms with Crippen LogP contribution < -0.4 is 10.6 Å².